The maximum Gasteiger partial charge on any atom is 0.329 e. The summed E-state index contributed by atoms with van der Waals surface area (Å²) in [6.07, 6.45) is 2.13. The van der Waals surface area contributed by atoms with Gasteiger partial charge in [-0.3, -0.25) is 9.59 Å². The van der Waals surface area contributed by atoms with Gasteiger partial charge in [-0.1, -0.05) is 42.5 Å². The smallest absolute Gasteiger partial charge is 0.329 e. The maximum absolute atomic E-state index is 13.1. The molecule has 0 saturated carbocycles. The molecule has 3 aromatic rings. The summed E-state index contributed by atoms with van der Waals surface area (Å²) in [5.41, 5.74) is -0.169. The number of aliphatic carboxylic acids is 1. The minimum atomic E-state index is -1.19. The molecule has 1 aromatic heterocycles. The van der Waals surface area contributed by atoms with Crippen molar-refractivity contribution in [1.82, 2.24) is 14.9 Å². The molecule has 8 nitrogen and oxygen atoms in total. The molecule has 0 aliphatic carbocycles. The van der Waals surface area contributed by atoms with Crippen LogP contribution in [0.1, 0.15) is 18.0 Å². The number of carboxylic acid groups (broad SMARTS) is 1. The van der Waals surface area contributed by atoms with Gasteiger partial charge in [0.25, 0.3) is 5.56 Å². The quantitative estimate of drug-likeness (QED) is 0.466. The number of aromatic nitrogens is 2. The topological polar surface area (TPSA) is 121 Å². The van der Waals surface area contributed by atoms with E-state index in [0.717, 1.165) is 10.1 Å². The zero-order valence-electron chi connectivity index (χ0n) is 16.9. The number of nitrogens with one attached hydrogen (secondary N) is 2. The van der Waals surface area contributed by atoms with Gasteiger partial charge in [-0.05, 0) is 36.1 Å². The second-order valence-corrected chi connectivity index (χ2v) is 8.02. The molecule has 162 valence electrons. The zero-order chi connectivity index (χ0) is 22.4. The van der Waals surface area contributed by atoms with E-state index in [0.29, 0.717) is 11.3 Å². The average molecular weight is 442 g/mol. The van der Waals surface area contributed by atoms with E-state index in [1.165, 1.54) is 11.8 Å². The zero-order valence-corrected chi connectivity index (χ0v) is 17.7. The Hall–Kier alpha value is -3.33. The highest BCUT2D eigenvalue weighted by molar-refractivity contribution is 7.98. The molecular weight excluding hydrogens is 418 g/mol. The number of rotatable bonds is 9. The first-order valence-electron chi connectivity index (χ1n) is 9.72. The van der Waals surface area contributed by atoms with Gasteiger partial charge in [0.05, 0.1) is 10.9 Å². The number of carboxylic acids is 1. The number of fused-ring (bicyclic) bond motifs is 1. The summed E-state index contributed by atoms with van der Waals surface area (Å²) < 4.78 is 0.884. The van der Waals surface area contributed by atoms with Crippen molar-refractivity contribution >= 4 is 34.5 Å². The third-order valence-corrected chi connectivity index (χ3v) is 5.59. The predicted molar refractivity (Wildman–Crippen MR) is 121 cm³/mol. The van der Waals surface area contributed by atoms with E-state index in [1.807, 2.05) is 12.3 Å². The molecule has 0 aliphatic heterocycles. The number of nitrogens with zero attached hydrogens (tertiary/aromatic N) is 1. The Bertz CT molecular complexity index is 1190. The van der Waals surface area contributed by atoms with Crippen LogP contribution in [-0.2, 0) is 16.0 Å². The van der Waals surface area contributed by atoms with Crippen LogP contribution in [0.2, 0.25) is 0 Å². The Labute approximate surface area is 182 Å². The van der Waals surface area contributed by atoms with Crippen molar-refractivity contribution in [3.63, 3.8) is 0 Å². The number of H-pyrrole nitrogens is 1. The van der Waals surface area contributed by atoms with Gasteiger partial charge in [0.15, 0.2) is 0 Å². The van der Waals surface area contributed by atoms with Gasteiger partial charge >= 0.3 is 11.7 Å². The van der Waals surface area contributed by atoms with E-state index < -0.39 is 35.2 Å². The highest BCUT2D eigenvalue weighted by atomic mass is 32.2. The molecule has 31 heavy (non-hydrogen) atoms. The van der Waals surface area contributed by atoms with Crippen molar-refractivity contribution in [2.24, 2.45) is 0 Å². The number of para-hydroxylation sites is 1. The number of benzene rings is 2. The third-order valence-electron chi connectivity index (χ3n) is 4.94. The largest absolute Gasteiger partial charge is 0.480 e. The molecular formula is C22H23N3O5S. The Morgan fingerprint density at radius 3 is 2.45 bits per heavy atom. The van der Waals surface area contributed by atoms with Crippen LogP contribution in [0.15, 0.2) is 64.2 Å². The van der Waals surface area contributed by atoms with E-state index in [-0.39, 0.29) is 18.2 Å². The molecule has 0 saturated heterocycles. The fourth-order valence-corrected chi connectivity index (χ4v) is 3.84. The first-order chi connectivity index (χ1) is 14.9. The monoisotopic (exact) mass is 441 g/mol. The molecule has 0 bridgehead atoms. The van der Waals surface area contributed by atoms with Crippen molar-refractivity contribution < 1.29 is 14.7 Å². The van der Waals surface area contributed by atoms with Gasteiger partial charge in [-0.15, -0.1) is 0 Å². The van der Waals surface area contributed by atoms with Crippen LogP contribution < -0.4 is 16.6 Å². The van der Waals surface area contributed by atoms with Gasteiger partial charge < -0.3 is 15.4 Å². The van der Waals surface area contributed by atoms with Gasteiger partial charge in [0.1, 0.15) is 12.1 Å². The Morgan fingerprint density at radius 2 is 1.77 bits per heavy atom. The molecule has 3 rings (SSSR count). The predicted octanol–water partition coefficient (Wildman–Crippen LogP) is 1.80. The highest BCUT2D eigenvalue weighted by Crippen LogP contribution is 2.14. The van der Waals surface area contributed by atoms with Crippen LogP contribution in [-0.4, -0.2) is 44.6 Å². The summed E-state index contributed by atoms with van der Waals surface area (Å²) in [4.78, 5) is 53.2. The molecule has 0 fully saturated rings. The van der Waals surface area contributed by atoms with Crippen molar-refractivity contribution in [2.45, 2.75) is 24.9 Å². The van der Waals surface area contributed by atoms with Crippen LogP contribution in [0, 0.1) is 0 Å². The molecule has 2 aromatic carbocycles. The van der Waals surface area contributed by atoms with Crippen LogP contribution in [0.4, 0.5) is 0 Å². The van der Waals surface area contributed by atoms with Crippen LogP contribution in [0.25, 0.3) is 10.9 Å². The minimum absolute atomic E-state index is 0.0835. The first-order valence-corrected chi connectivity index (χ1v) is 11.1. The lowest BCUT2D eigenvalue weighted by atomic mass is 10.1. The van der Waals surface area contributed by atoms with Crippen molar-refractivity contribution in [3.05, 3.63) is 81.0 Å². The summed E-state index contributed by atoms with van der Waals surface area (Å²) in [6, 6.07) is 13.1. The van der Waals surface area contributed by atoms with E-state index in [1.54, 1.807) is 48.5 Å². The number of carbonyl (C=O) groups is 2. The molecule has 0 aliphatic rings. The lowest BCUT2D eigenvalue weighted by Crippen LogP contribution is -2.49. The normalized spacial score (nSPS) is 12.9. The lowest BCUT2D eigenvalue weighted by molar-refractivity contribution is -0.142. The average Bonchev–Trinajstić information content (AvgIpc) is 2.76. The van der Waals surface area contributed by atoms with E-state index in [4.69, 9.17) is 0 Å². The fraction of sp³-hybridized carbons (Fsp3) is 0.273. The number of thioether (sulfide) groups is 1. The van der Waals surface area contributed by atoms with Crippen LogP contribution in [0.5, 0.6) is 0 Å². The second kappa shape index (κ2) is 10.1. The number of hydrogen-bond acceptors (Lipinski definition) is 5. The molecule has 0 radical (unpaired) electrons. The minimum Gasteiger partial charge on any atom is -0.480 e. The second-order valence-electron chi connectivity index (χ2n) is 7.04. The van der Waals surface area contributed by atoms with Gasteiger partial charge in [0, 0.05) is 6.42 Å². The van der Waals surface area contributed by atoms with Crippen LogP contribution in [0.3, 0.4) is 0 Å². The Morgan fingerprint density at radius 1 is 1.10 bits per heavy atom. The van der Waals surface area contributed by atoms with Gasteiger partial charge in [0.2, 0.25) is 5.91 Å². The number of amides is 1. The fourth-order valence-electron chi connectivity index (χ4n) is 3.38. The van der Waals surface area contributed by atoms with E-state index >= 15 is 0 Å². The Balaban J connectivity index is 1.96. The summed E-state index contributed by atoms with van der Waals surface area (Å²) in [6.45, 7) is 0. The summed E-state index contributed by atoms with van der Waals surface area (Å²) in [7, 11) is 0. The third kappa shape index (κ3) is 5.24. The van der Waals surface area contributed by atoms with E-state index in [2.05, 4.69) is 10.3 Å². The Kier molecular flexibility index (Phi) is 7.30. The SMILES string of the molecule is CSCC[C@@H](C(=O)N[C@@H](Cc1ccccc1)C(=O)O)n1c(=O)[nH]c2ccccc2c1=O. The van der Waals surface area contributed by atoms with Crippen molar-refractivity contribution in [2.75, 3.05) is 12.0 Å². The molecule has 1 amide bonds. The number of aromatic amines is 1. The highest BCUT2D eigenvalue weighted by Gasteiger charge is 2.29. The molecule has 2 atom stereocenters. The lowest BCUT2D eigenvalue weighted by Gasteiger charge is -2.22. The van der Waals surface area contributed by atoms with Crippen molar-refractivity contribution in [1.29, 1.82) is 0 Å². The summed E-state index contributed by atoms with van der Waals surface area (Å²) >= 11 is 1.46. The molecule has 3 N–H and O–H groups in total. The first kappa shape index (κ1) is 22.4. The summed E-state index contributed by atoms with van der Waals surface area (Å²) in [5.74, 6) is -1.37. The molecule has 1 heterocycles. The molecule has 0 unspecified atom stereocenters. The van der Waals surface area contributed by atoms with E-state index in [9.17, 15) is 24.3 Å². The van der Waals surface area contributed by atoms with Gasteiger partial charge in [-0.25, -0.2) is 14.2 Å². The maximum atomic E-state index is 13.1. The van der Waals surface area contributed by atoms with Gasteiger partial charge in [-0.2, -0.15) is 11.8 Å². The standard InChI is InChI=1S/C22H23N3O5S/c1-31-12-11-18(25-20(27)15-9-5-6-10-16(15)24-22(25)30)19(26)23-17(21(28)29)13-14-7-3-2-4-8-14/h2-10,17-18H,11-13H2,1H3,(H,23,26)(H,24,30)(H,28,29)/t17-,18-/m0/s1. The molecule has 9 heteroatoms. The summed E-state index contributed by atoms with van der Waals surface area (Å²) in [5, 5.41) is 12.4. The van der Waals surface area contributed by atoms with Crippen LogP contribution >= 0.6 is 11.8 Å². The number of hydrogen-bond donors (Lipinski definition) is 3. The van der Waals surface area contributed by atoms with Crippen molar-refractivity contribution in [3.8, 4) is 0 Å². The molecule has 0 spiro atoms. The number of carbonyl (C=O) groups excluding carboxylic acids is 1.